The van der Waals surface area contributed by atoms with Crippen LogP contribution in [0.4, 0.5) is 0 Å². The van der Waals surface area contributed by atoms with E-state index < -0.39 is 344 Å². The third kappa shape index (κ3) is 44.0. The van der Waals surface area contributed by atoms with Crippen LogP contribution in [0.15, 0.2) is 36.8 Å². The number of hydrogen-bond acceptors (Lipinski definition) is 29. The van der Waals surface area contributed by atoms with Gasteiger partial charge < -0.3 is 155 Å². The lowest BCUT2D eigenvalue weighted by molar-refractivity contribution is -0.143. The molecular weight excluding hydrogens is 1910 g/mol. The second-order valence-electron chi connectivity index (χ2n) is 37.5. The molecule has 0 bridgehead atoms. The van der Waals surface area contributed by atoms with Gasteiger partial charge in [-0.2, -0.15) is 0 Å². The second-order valence-corrected chi connectivity index (χ2v) is 37.5. The van der Waals surface area contributed by atoms with Crippen LogP contribution >= 0.6 is 0 Å². The van der Waals surface area contributed by atoms with E-state index in [2.05, 4.69) is 106 Å². The highest BCUT2D eigenvalue weighted by Crippen LogP contribution is 2.24. The molecule has 1 aromatic carbocycles. The molecule has 808 valence electrons. The van der Waals surface area contributed by atoms with E-state index >= 15 is 0 Å². The summed E-state index contributed by atoms with van der Waals surface area (Å²) in [6, 6.07) is -22.1. The number of aliphatic carboxylic acids is 1. The number of aliphatic hydroxyl groups excluding tert-OH is 2. The molecular formula is C91H146N26O28. The number of nitrogens with one attached hydrogen (secondary N) is 19. The van der Waals surface area contributed by atoms with Crippen molar-refractivity contribution in [3.63, 3.8) is 0 Å². The molecule has 0 aliphatic carbocycles. The zero-order valence-electron chi connectivity index (χ0n) is 84.3. The maximum Gasteiger partial charge on any atom is 0.325 e. The Hall–Kier alpha value is -14.6. The number of primary amides is 4. The number of aromatic nitrogens is 2. The van der Waals surface area contributed by atoms with Crippen molar-refractivity contribution in [2.75, 3.05) is 19.6 Å². The summed E-state index contributed by atoms with van der Waals surface area (Å²) in [5, 5.41) is 83.8. The Kier molecular flexibility index (Phi) is 52.2. The maximum absolute atomic E-state index is 14.5. The van der Waals surface area contributed by atoms with Gasteiger partial charge in [0, 0.05) is 37.7 Å². The molecule has 1 saturated heterocycles. The average molecular weight is 2050 g/mol. The van der Waals surface area contributed by atoms with Crippen LogP contribution in [0.2, 0.25) is 0 Å². The molecule has 0 radical (unpaired) electrons. The summed E-state index contributed by atoms with van der Waals surface area (Å²) in [6.45, 7) is 21.6. The first-order valence-corrected chi connectivity index (χ1v) is 47.6. The molecule has 2 aromatic rings. The molecule has 0 spiro atoms. The van der Waals surface area contributed by atoms with Gasteiger partial charge in [-0.25, -0.2) is 4.98 Å². The summed E-state index contributed by atoms with van der Waals surface area (Å²) in [6.07, 6.45) is -4.93. The molecule has 21 atom stereocenters. The Morgan fingerprint density at radius 1 is 0.407 bits per heavy atom. The fourth-order valence-electron chi connectivity index (χ4n) is 14.6. The van der Waals surface area contributed by atoms with Gasteiger partial charge in [0.15, 0.2) is 0 Å². The third-order valence-electron chi connectivity index (χ3n) is 22.9. The molecule has 33 N–H and O–H groups in total. The maximum atomic E-state index is 14.5. The van der Waals surface area contributed by atoms with Crippen molar-refractivity contribution >= 4 is 142 Å². The Balaban J connectivity index is 1.77. The largest absolute Gasteiger partial charge is 0.508 e. The van der Waals surface area contributed by atoms with Gasteiger partial charge in [-0.15, -0.1) is 0 Å². The first-order valence-electron chi connectivity index (χ1n) is 47.6. The first-order chi connectivity index (χ1) is 67.6. The molecule has 145 heavy (non-hydrogen) atoms. The zero-order valence-corrected chi connectivity index (χ0v) is 84.3. The number of phenolic OH excluding ortho intramolecular Hbond substituents is 1. The van der Waals surface area contributed by atoms with Crippen LogP contribution in [0, 0.1) is 29.6 Å². The molecule has 1 aliphatic rings. The Morgan fingerprint density at radius 2 is 0.786 bits per heavy atom. The predicted molar refractivity (Wildman–Crippen MR) is 515 cm³/mol. The normalized spacial score (nSPS) is 16.4. The monoisotopic (exact) mass is 2050 g/mol. The van der Waals surface area contributed by atoms with E-state index in [-0.39, 0.29) is 56.5 Å². The van der Waals surface area contributed by atoms with Crippen molar-refractivity contribution in [3.05, 3.63) is 48.0 Å². The van der Waals surface area contributed by atoms with Crippen LogP contribution in [0.5, 0.6) is 5.75 Å². The van der Waals surface area contributed by atoms with Gasteiger partial charge in [-0.1, -0.05) is 87.8 Å². The molecule has 54 nitrogen and oxygen atoms in total. The SMILES string of the molecule is CC[C@H](C)[C@H](NC(=O)[C@H](C)NC(=O)[C@@H](N)Cc1ccc(O)cc1)C(=O)N1CCC[C@H]1C(=O)N[C@@H](CCC(N)=O)C(=O)N[C@@H](C)C(=O)N[C@@H](CC(C)C)C(=O)N[C@@H](CC(N)=O)C(=O)N[C@H](C(=O)N[C@@H](CC(C)C)C(=O)N[C@@H](CC(C)C)C(=O)N[C@@H](CC(N)=O)C(=O)N[C@H](C(=O)N[C@H](C(=O)NCC(=O)NCC(=O)N[C@@H](Cc1cnc[nH]1)C(=O)N[C@@H](CCC(N)=O)C(=O)N[C@@H](C)C(=O)N[C@@H](C)C(=O)O)C(C)C)[C@@H](C)O)[C@@H](C)O. The number of hydrogen-bond donors (Lipinski definition) is 28. The van der Waals surface area contributed by atoms with Crippen molar-refractivity contribution in [3.8, 4) is 5.75 Å². The highest BCUT2D eigenvalue weighted by molar-refractivity contribution is 6.03. The van der Waals surface area contributed by atoms with Gasteiger partial charge >= 0.3 is 5.97 Å². The number of benzene rings is 1. The Labute approximate surface area is 837 Å². The van der Waals surface area contributed by atoms with Crippen LogP contribution in [0.3, 0.4) is 0 Å². The highest BCUT2D eigenvalue weighted by Gasteiger charge is 2.44. The van der Waals surface area contributed by atoms with Crippen LogP contribution in [-0.4, -0.2) is 318 Å². The summed E-state index contributed by atoms with van der Waals surface area (Å²) < 4.78 is 0. The number of carboxylic acid groups (broad SMARTS) is 1. The number of imidazole rings is 1. The second kappa shape index (κ2) is 60.7. The number of amides is 23. The fraction of sp³-hybridized carbons (Fsp3) is 0.637. The number of phenols is 1. The van der Waals surface area contributed by atoms with Gasteiger partial charge in [0.25, 0.3) is 0 Å². The van der Waals surface area contributed by atoms with Crippen molar-refractivity contribution in [1.82, 2.24) is 111 Å². The van der Waals surface area contributed by atoms with Gasteiger partial charge in [0.05, 0.1) is 50.5 Å². The van der Waals surface area contributed by atoms with E-state index in [4.69, 9.17) is 28.7 Å². The molecule has 3 rings (SSSR count). The van der Waals surface area contributed by atoms with Gasteiger partial charge in [-0.05, 0) is 140 Å². The Morgan fingerprint density at radius 3 is 1.21 bits per heavy atom. The molecule has 1 aromatic heterocycles. The van der Waals surface area contributed by atoms with Crippen molar-refractivity contribution in [1.29, 1.82) is 0 Å². The minimum Gasteiger partial charge on any atom is -0.508 e. The number of nitrogens with two attached hydrogens (primary N) is 5. The van der Waals surface area contributed by atoms with Crippen molar-refractivity contribution in [2.24, 2.45) is 58.3 Å². The topological polar surface area (TPSA) is 869 Å². The summed E-state index contributed by atoms with van der Waals surface area (Å²) in [5.74, 6) is -27.7. The lowest BCUT2D eigenvalue weighted by Crippen LogP contribution is -2.63. The summed E-state index contributed by atoms with van der Waals surface area (Å²) in [4.78, 5) is 333. The molecule has 54 heteroatoms. The number of H-pyrrole nitrogens is 1. The third-order valence-corrected chi connectivity index (χ3v) is 22.9. The van der Waals surface area contributed by atoms with E-state index in [1.807, 2.05) is 0 Å². The van der Waals surface area contributed by atoms with Crippen LogP contribution in [-0.2, 0) is 128 Å². The van der Waals surface area contributed by atoms with Crippen LogP contribution in [0.25, 0.3) is 0 Å². The molecule has 0 saturated carbocycles. The number of carboxylic acids is 1. The van der Waals surface area contributed by atoms with Crippen molar-refractivity contribution in [2.45, 2.75) is 322 Å². The average Bonchev–Trinajstić information content (AvgIpc) is 1.63. The lowest BCUT2D eigenvalue weighted by atomic mass is 9.97. The number of nitrogens with zero attached hydrogens (tertiary/aromatic N) is 2. The number of carbonyl (C=O) groups is 24. The van der Waals surface area contributed by atoms with Gasteiger partial charge in [0.1, 0.15) is 108 Å². The summed E-state index contributed by atoms with van der Waals surface area (Å²) in [5.41, 5.74) is 29.0. The Bertz CT molecular complexity index is 4860. The predicted octanol–water partition coefficient (Wildman–Crippen LogP) is -9.74. The number of carbonyl (C=O) groups excluding carboxylic acids is 23. The highest BCUT2D eigenvalue weighted by atomic mass is 16.4. The molecule has 0 unspecified atom stereocenters. The standard InChI is InChI=1S/C91H146N26O28/c1-17-44(10)71(114-76(129)47(13)101-77(130)54(92)32-51-20-22-53(120)23-21-51)90(143)117-28-18-19-63(117)86(139)107-56(25-27-65(94)122)79(132)103-46(12)75(128)108-57(29-40(2)3)80(133)110-61(34-66(95)123)84(137)115-72(49(15)118)88(141)112-59(31-42(6)7)82(135)109-58(30-41(4)5)81(134)111-62(35-67(96)124)85(138)116-73(50(16)119)89(142)113-70(43(8)9)87(140)99-37-68(125)98-38-69(126)105-60(33-52-36-97-39-100-52)83(136)106-55(24-26-64(93)121)78(131)102-45(11)74(127)104-48(14)91(144)145/h20-23,36,39-50,54-63,70-73,118-120H,17-19,24-35,37-38,92H2,1-16H3,(H2,93,121)(H2,94,122)(H2,95,123)(H2,96,124)(H,97,100)(H,98,125)(H,99,140)(H,101,130)(H,102,131)(H,103,132)(H,104,127)(H,105,126)(H,106,136)(H,107,139)(H,108,128)(H,109,135)(H,110,133)(H,111,134)(H,112,141)(H,113,142)(H,114,129)(H,115,137)(H,116,138)(H,144,145)/t44-,45-,46-,47-,48-,49+,50+,54-,55-,56-,57-,58-,59-,60-,61-,62-,63-,70-,71-,72-,73-/m0/s1. The van der Waals surface area contributed by atoms with Crippen LogP contribution in [0.1, 0.15) is 199 Å². The molecule has 1 fully saturated rings. The number of aromatic amines is 1. The minimum atomic E-state index is -2.02. The lowest BCUT2D eigenvalue weighted by Gasteiger charge is -2.32. The van der Waals surface area contributed by atoms with E-state index in [0.29, 0.717) is 18.4 Å². The van der Waals surface area contributed by atoms with Crippen molar-refractivity contribution < 1.29 is 135 Å². The smallest absolute Gasteiger partial charge is 0.325 e. The molecule has 23 amide bonds. The fourth-order valence-corrected chi connectivity index (χ4v) is 14.6. The summed E-state index contributed by atoms with van der Waals surface area (Å²) in [7, 11) is 0. The quantitative estimate of drug-likeness (QED) is 0.0292. The molecule has 1 aliphatic heterocycles. The van der Waals surface area contributed by atoms with Gasteiger partial charge in [-0.3, -0.25) is 115 Å². The van der Waals surface area contributed by atoms with E-state index in [0.717, 1.165) is 13.8 Å². The van der Waals surface area contributed by atoms with Crippen LogP contribution < -0.4 is 124 Å². The number of likely N-dealkylation sites (tertiary alicyclic amines) is 1. The van der Waals surface area contributed by atoms with E-state index in [1.54, 1.807) is 67.5 Å². The minimum absolute atomic E-state index is 0.00560. The zero-order chi connectivity index (χ0) is 110. The van der Waals surface area contributed by atoms with E-state index in [1.165, 1.54) is 71.1 Å². The summed E-state index contributed by atoms with van der Waals surface area (Å²) >= 11 is 0. The number of rotatable bonds is 63. The molecule has 2 heterocycles. The first kappa shape index (κ1) is 125. The number of aromatic hydroxyl groups is 1. The van der Waals surface area contributed by atoms with Gasteiger partial charge in [0.2, 0.25) is 136 Å². The van der Waals surface area contributed by atoms with E-state index in [9.17, 15) is 135 Å². The number of aliphatic hydroxyl groups is 2.